The van der Waals surface area contributed by atoms with E-state index in [2.05, 4.69) is 153 Å². The van der Waals surface area contributed by atoms with Crippen LogP contribution in [0.5, 0.6) is 0 Å². The average molecular weight is 597 g/mol. The average Bonchev–Trinajstić information content (AvgIpc) is 3.87. The van der Waals surface area contributed by atoms with E-state index in [1.807, 2.05) is 22.7 Å². The smallest absolute Gasteiger partial charge is 0.0555 e. The van der Waals surface area contributed by atoms with Crippen LogP contribution in [0.15, 0.2) is 144 Å². The lowest BCUT2D eigenvalue weighted by atomic mass is 10.0. The molecule has 0 unspecified atom stereocenters. The second kappa shape index (κ2) is 9.17. The van der Waals surface area contributed by atoms with Gasteiger partial charge in [0.25, 0.3) is 0 Å². The van der Waals surface area contributed by atoms with Crippen LogP contribution in [0.3, 0.4) is 0 Å². The van der Waals surface area contributed by atoms with Crippen molar-refractivity contribution in [3.05, 3.63) is 144 Å². The molecule has 0 saturated heterocycles. The molecule has 0 radical (unpaired) electrons. The van der Waals surface area contributed by atoms with Gasteiger partial charge in [-0.05, 0) is 93.3 Å². The maximum Gasteiger partial charge on any atom is 0.0555 e. The summed E-state index contributed by atoms with van der Waals surface area (Å²) in [4.78, 5) is 0. The minimum Gasteiger partial charge on any atom is -0.309 e. The van der Waals surface area contributed by atoms with Crippen molar-refractivity contribution in [2.24, 2.45) is 0 Å². The summed E-state index contributed by atoms with van der Waals surface area (Å²) in [5.41, 5.74) is 9.77. The predicted molar refractivity (Wildman–Crippen MR) is 191 cm³/mol. The number of benzene rings is 6. The SMILES string of the molecule is c1ccc2c(c1)c1c3sccc3ccc1n2-c1ccc(-c2ccc(-n3c4ccccc4c4c5sccc5ccc43)cc2)cc1. The molecule has 44 heavy (non-hydrogen) atoms. The highest BCUT2D eigenvalue weighted by atomic mass is 32.1. The van der Waals surface area contributed by atoms with Crippen LogP contribution in [0, 0.1) is 0 Å². The number of hydrogen-bond donors (Lipinski definition) is 0. The first-order valence-corrected chi connectivity index (χ1v) is 16.6. The molecule has 2 nitrogen and oxygen atoms in total. The number of nitrogens with zero attached hydrogens (tertiary/aromatic N) is 2. The second-order valence-corrected chi connectivity index (χ2v) is 13.2. The van der Waals surface area contributed by atoms with Gasteiger partial charge in [0.15, 0.2) is 0 Å². The van der Waals surface area contributed by atoms with Gasteiger partial charge in [0.05, 0.1) is 22.1 Å². The van der Waals surface area contributed by atoms with Gasteiger partial charge in [-0.3, -0.25) is 0 Å². The van der Waals surface area contributed by atoms with Crippen LogP contribution in [0.25, 0.3) is 86.3 Å². The summed E-state index contributed by atoms with van der Waals surface area (Å²) >= 11 is 3.65. The molecule has 206 valence electrons. The zero-order valence-electron chi connectivity index (χ0n) is 23.6. The van der Waals surface area contributed by atoms with Gasteiger partial charge in [0.2, 0.25) is 0 Å². The van der Waals surface area contributed by atoms with Gasteiger partial charge in [-0.15, -0.1) is 22.7 Å². The number of rotatable bonds is 3. The highest BCUT2D eigenvalue weighted by Crippen LogP contribution is 2.41. The molecule has 0 spiro atoms. The standard InChI is InChI=1S/C40H24N2S2/c1-3-7-33-31(5-1)37-35(19-13-27-21-23-43-39(27)37)41(33)29-15-9-25(10-16-29)26-11-17-30(18-12-26)42-34-8-4-2-6-32(34)38-36(42)20-14-28-22-24-44-40(28)38/h1-24H. The van der Waals surface area contributed by atoms with Crippen LogP contribution in [-0.4, -0.2) is 9.13 Å². The minimum absolute atomic E-state index is 1.18. The van der Waals surface area contributed by atoms with Gasteiger partial charge < -0.3 is 9.13 Å². The summed E-state index contributed by atoms with van der Waals surface area (Å²) in [5, 5.41) is 12.3. The van der Waals surface area contributed by atoms with Crippen molar-refractivity contribution in [2.75, 3.05) is 0 Å². The van der Waals surface area contributed by atoms with Crippen molar-refractivity contribution >= 4 is 86.5 Å². The Kier molecular flexibility index (Phi) is 5.06. The number of fused-ring (bicyclic) bond motifs is 10. The van der Waals surface area contributed by atoms with Crippen LogP contribution in [0.1, 0.15) is 0 Å². The lowest BCUT2D eigenvalue weighted by molar-refractivity contribution is 1.18. The lowest BCUT2D eigenvalue weighted by Gasteiger charge is -2.11. The Hall–Kier alpha value is -5.16. The number of aromatic nitrogens is 2. The fourth-order valence-electron chi connectivity index (χ4n) is 7.12. The highest BCUT2D eigenvalue weighted by molar-refractivity contribution is 7.18. The summed E-state index contributed by atoms with van der Waals surface area (Å²) < 4.78 is 7.53. The van der Waals surface area contributed by atoms with Gasteiger partial charge >= 0.3 is 0 Å². The van der Waals surface area contributed by atoms with E-state index < -0.39 is 0 Å². The Balaban J connectivity index is 1.07. The van der Waals surface area contributed by atoms with Crippen molar-refractivity contribution in [1.29, 1.82) is 0 Å². The molecule has 4 heteroatoms. The fraction of sp³-hybridized carbons (Fsp3) is 0. The van der Waals surface area contributed by atoms with Crippen molar-refractivity contribution in [3.8, 4) is 22.5 Å². The second-order valence-electron chi connectivity index (χ2n) is 11.4. The van der Waals surface area contributed by atoms with E-state index >= 15 is 0 Å². The van der Waals surface area contributed by atoms with Gasteiger partial charge in [0.1, 0.15) is 0 Å². The van der Waals surface area contributed by atoms with Crippen LogP contribution in [0.2, 0.25) is 0 Å². The molecule has 0 amide bonds. The third-order valence-corrected chi connectivity index (χ3v) is 11.0. The first-order chi connectivity index (χ1) is 21.8. The normalized spacial score (nSPS) is 12.1. The lowest BCUT2D eigenvalue weighted by Crippen LogP contribution is -1.94. The van der Waals surface area contributed by atoms with Crippen molar-refractivity contribution in [3.63, 3.8) is 0 Å². The first-order valence-electron chi connectivity index (χ1n) is 14.8. The maximum absolute atomic E-state index is 2.41. The molecule has 10 rings (SSSR count). The van der Waals surface area contributed by atoms with E-state index in [-0.39, 0.29) is 0 Å². The molecule has 0 N–H and O–H groups in total. The van der Waals surface area contributed by atoms with Crippen molar-refractivity contribution in [2.45, 2.75) is 0 Å². The van der Waals surface area contributed by atoms with E-state index in [4.69, 9.17) is 0 Å². The molecule has 0 fully saturated rings. The first kappa shape index (κ1) is 24.3. The molecule has 0 aliphatic rings. The molecular formula is C40H24N2S2. The Morgan fingerprint density at radius 2 is 0.795 bits per heavy atom. The fourth-order valence-corrected chi connectivity index (χ4v) is 9.03. The molecule has 4 heterocycles. The van der Waals surface area contributed by atoms with Gasteiger partial charge in [-0.25, -0.2) is 0 Å². The van der Waals surface area contributed by atoms with E-state index in [9.17, 15) is 0 Å². The summed E-state index contributed by atoms with van der Waals surface area (Å²) in [5.74, 6) is 0. The Morgan fingerprint density at radius 3 is 1.25 bits per heavy atom. The number of hydrogen-bond acceptors (Lipinski definition) is 2. The molecule has 4 aromatic heterocycles. The molecule has 0 saturated carbocycles. The monoisotopic (exact) mass is 596 g/mol. The van der Waals surface area contributed by atoms with Gasteiger partial charge in [-0.2, -0.15) is 0 Å². The summed E-state index contributed by atoms with van der Waals surface area (Å²) in [6.07, 6.45) is 0. The van der Waals surface area contributed by atoms with E-state index in [1.165, 1.54) is 86.3 Å². The summed E-state index contributed by atoms with van der Waals surface area (Å²) in [7, 11) is 0. The summed E-state index contributed by atoms with van der Waals surface area (Å²) in [6.45, 7) is 0. The molecular weight excluding hydrogens is 573 g/mol. The number of para-hydroxylation sites is 2. The van der Waals surface area contributed by atoms with Crippen LogP contribution >= 0.6 is 22.7 Å². The van der Waals surface area contributed by atoms with Crippen LogP contribution in [-0.2, 0) is 0 Å². The Morgan fingerprint density at radius 1 is 0.364 bits per heavy atom. The molecule has 10 aromatic rings. The molecule has 6 aromatic carbocycles. The largest absolute Gasteiger partial charge is 0.309 e. The van der Waals surface area contributed by atoms with E-state index in [0.717, 1.165) is 0 Å². The predicted octanol–water partition coefficient (Wildman–Crippen LogP) is 12.0. The Bertz CT molecular complexity index is 2510. The minimum atomic E-state index is 1.18. The highest BCUT2D eigenvalue weighted by Gasteiger charge is 2.17. The van der Waals surface area contributed by atoms with Gasteiger partial charge in [0, 0.05) is 42.3 Å². The molecule has 0 bridgehead atoms. The molecule has 0 aliphatic heterocycles. The van der Waals surface area contributed by atoms with Crippen LogP contribution < -0.4 is 0 Å². The third kappa shape index (κ3) is 3.35. The van der Waals surface area contributed by atoms with Crippen LogP contribution in [0.4, 0.5) is 0 Å². The molecule has 0 aliphatic carbocycles. The number of thiophene rings is 2. The van der Waals surface area contributed by atoms with E-state index in [0.29, 0.717) is 0 Å². The topological polar surface area (TPSA) is 9.86 Å². The zero-order chi connectivity index (χ0) is 28.8. The third-order valence-electron chi connectivity index (χ3n) is 9.09. The Labute approximate surface area is 261 Å². The van der Waals surface area contributed by atoms with Crippen molar-refractivity contribution in [1.82, 2.24) is 9.13 Å². The zero-order valence-corrected chi connectivity index (χ0v) is 25.2. The van der Waals surface area contributed by atoms with Gasteiger partial charge in [-0.1, -0.05) is 72.8 Å². The van der Waals surface area contributed by atoms with E-state index in [1.54, 1.807) is 0 Å². The quantitative estimate of drug-likeness (QED) is 0.192. The molecule has 0 atom stereocenters. The summed E-state index contributed by atoms with van der Waals surface area (Å²) in [6, 6.07) is 49.1. The maximum atomic E-state index is 2.41. The van der Waals surface area contributed by atoms with Crippen molar-refractivity contribution < 1.29 is 0 Å².